The Morgan fingerprint density at radius 3 is 2.50 bits per heavy atom. The lowest BCUT2D eigenvalue weighted by Gasteiger charge is -2.23. The molecule has 4 heteroatoms. The molecule has 0 aliphatic rings. The number of benzene rings is 1. The first-order valence-corrected chi connectivity index (χ1v) is 6.79. The molecule has 0 saturated heterocycles. The minimum Gasteiger partial charge on any atom is -0.490 e. The van der Waals surface area contributed by atoms with Crippen LogP contribution in [-0.4, -0.2) is 30.5 Å². The van der Waals surface area contributed by atoms with Crippen LogP contribution in [0, 0.1) is 5.92 Å². The van der Waals surface area contributed by atoms with Crippen LogP contribution in [-0.2, 0) is 11.3 Å². The van der Waals surface area contributed by atoms with Crippen LogP contribution in [0.2, 0.25) is 0 Å². The predicted octanol–water partition coefficient (Wildman–Crippen LogP) is 2.19. The molecule has 4 nitrogen and oxygen atoms in total. The lowest BCUT2D eigenvalue weighted by Crippen LogP contribution is -2.44. The summed E-state index contributed by atoms with van der Waals surface area (Å²) in [4.78, 5) is 13.7. The number of carbonyl (C=O) groups excluding carboxylic acids is 1. The van der Waals surface area contributed by atoms with Gasteiger partial charge in [0.05, 0.1) is 6.04 Å². The Hall–Kier alpha value is -1.81. The van der Waals surface area contributed by atoms with Gasteiger partial charge in [-0.15, -0.1) is 0 Å². The number of nitrogens with zero attached hydrogens (tertiary/aromatic N) is 1. The predicted molar refractivity (Wildman–Crippen MR) is 81.4 cm³/mol. The van der Waals surface area contributed by atoms with Gasteiger partial charge in [0.1, 0.15) is 12.4 Å². The zero-order chi connectivity index (χ0) is 15.1. The molecule has 0 aliphatic heterocycles. The van der Waals surface area contributed by atoms with Crippen LogP contribution < -0.4 is 10.5 Å². The van der Waals surface area contributed by atoms with E-state index in [0.29, 0.717) is 13.2 Å². The minimum absolute atomic E-state index is 0.0352. The van der Waals surface area contributed by atoms with Gasteiger partial charge in [0, 0.05) is 13.6 Å². The van der Waals surface area contributed by atoms with Gasteiger partial charge in [-0.1, -0.05) is 38.6 Å². The lowest BCUT2D eigenvalue weighted by molar-refractivity contribution is -0.132. The van der Waals surface area contributed by atoms with Crippen molar-refractivity contribution in [3.8, 4) is 5.75 Å². The third-order valence-corrected chi connectivity index (χ3v) is 3.09. The number of hydrogen-bond acceptors (Lipinski definition) is 3. The number of carbonyl (C=O) groups is 1. The van der Waals surface area contributed by atoms with Crippen LogP contribution in [0.15, 0.2) is 36.9 Å². The van der Waals surface area contributed by atoms with E-state index in [2.05, 4.69) is 6.58 Å². The normalized spacial score (nSPS) is 12.1. The molecule has 0 aromatic heterocycles. The number of likely N-dealkylation sites (N-methyl/N-ethyl adjacent to an activating group) is 1. The topological polar surface area (TPSA) is 55.6 Å². The Kier molecular flexibility index (Phi) is 6.25. The van der Waals surface area contributed by atoms with E-state index in [4.69, 9.17) is 10.5 Å². The Labute approximate surface area is 121 Å². The van der Waals surface area contributed by atoms with Crippen molar-refractivity contribution < 1.29 is 9.53 Å². The third-order valence-electron chi connectivity index (χ3n) is 3.09. The number of rotatable bonds is 7. The Balaban J connectivity index is 2.59. The van der Waals surface area contributed by atoms with Gasteiger partial charge in [0.2, 0.25) is 5.91 Å². The highest BCUT2D eigenvalue weighted by Crippen LogP contribution is 2.14. The zero-order valence-electron chi connectivity index (χ0n) is 12.5. The molecule has 1 amide bonds. The van der Waals surface area contributed by atoms with Crippen LogP contribution in [0.5, 0.6) is 5.75 Å². The highest BCUT2D eigenvalue weighted by atomic mass is 16.5. The largest absolute Gasteiger partial charge is 0.490 e. The summed E-state index contributed by atoms with van der Waals surface area (Å²) in [6.45, 7) is 8.52. The standard InChI is InChI=1S/C16H24N2O2/c1-5-10-20-14-8-6-13(7-9-14)11-18(4)16(19)15(17)12(2)3/h5-9,12,15H,1,10-11,17H2,2-4H3/t15-/m1/s1. The maximum Gasteiger partial charge on any atom is 0.239 e. The smallest absolute Gasteiger partial charge is 0.239 e. The van der Waals surface area contributed by atoms with Crippen molar-refractivity contribution in [1.82, 2.24) is 4.90 Å². The van der Waals surface area contributed by atoms with E-state index in [1.165, 1.54) is 0 Å². The third kappa shape index (κ3) is 4.70. The van der Waals surface area contributed by atoms with Crippen molar-refractivity contribution in [2.24, 2.45) is 11.7 Å². The summed E-state index contributed by atoms with van der Waals surface area (Å²) in [7, 11) is 1.77. The van der Waals surface area contributed by atoms with Crippen molar-refractivity contribution in [3.05, 3.63) is 42.5 Å². The molecule has 0 aliphatic carbocycles. The second-order valence-corrected chi connectivity index (χ2v) is 5.21. The van der Waals surface area contributed by atoms with Gasteiger partial charge < -0.3 is 15.4 Å². The molecule has 110 valence electrons. The fourth-order valence-corrected chi connectivity index (χ4v) is 1.74. The average molecular weight is 276 g/mol. The molecule has 2 N–H and O–H groups in total. The van der Waals surface area contributed by atoms with Gasteiger partial charge in [-0.05, 0) is 23.6 Å². The molecule has 0 bridgehead atoms. The molecule has 1 aromatic rings. The second-order valence-electron chi connectivity index (χ2n) is 5.21. The van der Waals surface area contributed by atoms with Crippen molar-refractivity contribution in [2.75, 3.05) is 13.7 Å². The van der Waals surface area contributed by atoms with E-state index in [1.54, 1.807) is 18.0 Å². The van der Waals surface area contributed by atoms with Gasteiger partial charge in [-0.2, -0.15) is 0 Å². The molecule has 1 atom stereocenters. The highest BCUT2D eigenvalue weighted by molar-refractivity contribution is 5.81. The molecular formula is C16H24N2O2. The highest BCUT2D eigenvalue weighted by Gasteiger charge is 2.20. The van der Waals surface area contributed by atoms with Crippen molar-refractivity contribution in [2.45, 2.75) is 26.4 Å². The summed E-state index contributed by atoms with van der Waals surface area (Å²) in [5.74, 6) is 0.896. The van der Waals surface area contributed by atoms with Crippen molar-refractivity contribution in [1.29, 1.82) is 0 Å². The minimum atomic E-state index is -0.449. The molecule has 0 heterocycles. The lowest BCUT2D eigenvalue weighted by atomic mass is 10.0. The van der Waals surface area contributed by atoms with Gasteiger partial charge in [0.15, 0.2) is 0 Å². The summed E-state index contributed by atoms with van der Waals surface area (Å²) in [6.07, 6.45) is 1.70. The number of nitrogens with two attached hydrogens (primary N) is 1. The maximum atomic E-state index is 12.1. The van der Waals surface area contributed by atoms with Gasteiger partial charge in [0.25, 0.3) is 0 Å². The number of amides is 1. The quantitative estimate of drug-likeness (QED) is 0.777. The Morgan fingerprint density at radius 1 is 1.40 bits per heavy atom. The van der Waals surface area contributed by atoms with Gasteiger partial charge in [-0.25, -0.2) is 0 Å². The number of ether oxygens (including phenoxy) is 1. The number of hydrogen-bond donors (Lipinski definition) is 1. The molecule has 0 unspecified atom stereocenters. The molecule has 0 spiro atoms. The van der Waals surface area contributed by atoms with Gasteiger partial charge >= 0.3 is 0 Å². The van der Waals surface area contributed by atoms with Crippen LogP contribution >= 0.6 is 0 Å². The van der Waals surface area contributed by atoms with Crippen LogP contribution in [0.3, 0.4) is 0 Å². The maximum absolute atomic E-state index is 12.1. The molecule has 20 heavy (non-hydrogen) atoms. The van der Waals surface area contributed by atoms with E-state index in [-0.39, 0.29) is 11.8 Å². The van der Waals surface area contributed by atoms with Crippen LogP contribution in [0.4, 0.5) is 0 Å². The molecule has 1 aromatic carbocycles. The van der Waals surface area contributed by atoms with Gasteiger partial charge in [-0.3, -0.25) is 4.79 Å². The Bertz CT molecular complexity index is 440. The second kappa shape index (κ2) is 7.70. The first-order valence-electron chi connectivity index (χ1n) is 6.79. The molecule has 0 radical (unpaired) electrons. The van der Waals surface area contributed by atoms with Crippen molar-refractivity contribution in [3.63, 3.8) is 0 Å². The monoisotopic (exact) mass is 276 g/mol. The van der Waals surface area contributed by atoms with E-state index in [0.717, 1.165) is 11.3 Å². The molecule has 1 rings (SSSR count). The summed E-state index contributed by atoms with van der Waals surface area (Å²) in [6, 6.07) is 7.22. The fraction of sp³-hybridized carbons (Fsp3) is 0.438. The average Bonchev–Trinajstić information content (AvgIpc) is 2.44. The fourth-order valence-electron chi connectivity index (χ4n) is 1.74. The summed E-state index contributed by atoms with van der Waals surface area (Å²) < 4.78 is 5.41. The summed E-state index contributed by atoms with van der Waals surface area (Å²) in [5, 5.41) is 0. The summed E-state index contributed by atoms with van der Waals surface area (Å²) in [5.41, 5.74) is 6.92. The van der Waals surface area contributed by atoms with E-state index >= 15 is 0 Å². The Morgan fingerprint density at radius 2 is 2.00 bits per heavy atom. The summed E-state index contributed by atoms with van der Waals surface area (Å²) >= 11 is 0. The SMILES string of the molecule is C=CCOc1ccc(CN(C)C(=O)[C@H](N)C(C)C)cc1. The molecular weight excluding hydrogens is 252 g/mol. The van der Waals surface area contributed by atoms with E-state index in [9.17, 15) is 4.79 Å². The molecule has 0 saturated carbocycles. The van der Waals surface area contributed by atoms with E-state index in [1.807, 2.05) is 38.1 Å². The van der Waals surface area contributed by atoms with Crippen molar-refractivity contribution >= 4 is 5.91 Å². The zero-order valence-corrected chi connectivity index (χ0v) is 12.5. The first-order chi connectivity index (χ1) is 9.45. The van der Waals surface area contributed by atoms with Crippen LogP contribution in [0.1, 0.15) is 19.4 Å². The molecule has 0 fully saturated rings. The first kappa shape index (κ1) is 16.2. The van der Waals surface area contributed by atoms with Crippen LogP contribution in [0.25, 0.3) is 0 Å². The van der Waals surface area contributed by atoms with E-state index < -0.39 is 6.04 Å².